The molecule has 2 N–H and O–H groups in total. The molecule has 2 amide bonds. The SMILES string of the molecule is O=C(NCC(F)(F)Sc1ccccc1)c1ccc(F)cc1NC(=O)c1cc(Br)nn1-c1ncccc1Cl. The highest BCUT2D eigenvalue weighted by Gasteiger charge is 2.31. The number of rotatable bonds is 8. The van der Waals surface area contributed by atoms with Crippen LogP contribution in [-0.2, 0) is 0 Å². The number of nitrogens with zero attached hydrogens (tertiary/aromatic N) is 3. The fraction of sp³-hybridized carbons (Fsp3) is 0.0833. The molecule has 0 bridgehead atoms. The normalized spacial score (nSPS) is 11.3. The number of hydrogen-bond donors (Lipinski definition) is 2. The van der Waals surface area contributed by atoms with Crippen molar-refractivity contribution in [1.82, 2.24) is 20.1 Å². The number of benzene rings is 2. The first kappa shape index (κ1) is 26.7. The summed E-state index contributed by atoms with van der Waals surface area (Å²) >= 11 is 9.66. The zero-order valence-electron chi connectivity index (χ0n) is 18.6. The number of amides is 2. The fourth-order valence-corrected chi connectivity index (χ4v) is 4.55. The summed E-state index contributed by atoms with van der Waals surface area (Å²) in [6.45, 7) is -0.992. The second-order valence-electron chi connectivity index (χ2n) is 7.45. The molecule has 0 fully saturated rings. The number of halogens is 5. The van der Waals surface area contributed by atoms with E-state index >= 15 is 0 Å². The van der Waals surface area contributed by atoms with Crippen LogP contribution in [-0.4, -0.2) is 38.4 Å². The van der Waals surface area contributed by atoms with Gasteiger partial charge >= 0.3 is 5.25 Å². The van der Waals surface area contributed by atoms with Gasteiger partial charge in [0.2, 0.25) is 0 Å². The molecule has 0 saturated heterocycles. The molecule has 0 saturated carbocycles. The molecule has 4 aromatic rings. The van der Waals surface area contributed by atoms with Crippen molar-refractivity contribution in [3.8, 4) is 5.82 Å². The van der Waals surface area contributed by atoms with E-state index in [0.717, 1.165) is 18.2 Å². The number of hydrogen-bond acceptors (Lipinski definition) is 5. The van der Waals surface area contributed by atoms with Crippen LogP contribution in [0.2, 0.25) is 5.02 Å². The van der Waals surface area contributed by atoms with Crippen molar-refractivity contribution in [2.45, 2.75) is 10.2 Å². The molecule has 13 heteroatoms. The minimum atomic E-state index is -3.32. The summed E-state index contributed by atoms with van der Waals surface area (Å²) in [6, 6.07) is 15.5. The van der Waals surface area contributed by atoms with Crippen LogP contribution in [0, 0.1) is 5.82 Å². The van der Waals surface area contributed by atoms with E-state index in [1.807, 2.05) is 0 Å². The number of thioether (sulfide) groups is 1. The van der Waals surface area contributed by atoms with Crippen molar-refractivity contribution in [1.29, 1.82) is 0 Å². The smallest absolute Gasteiger partial charge is 0.315 e. The molecule has 4 rings (SSSR count). The van der Waals surface area contributed by atoms with E-state index in [-0.39, 0.29) is 32.4 Å². The molecule has 0 aliphatic carbocycles. The standard InChI is InChI=1S/C24H16BrClF3N5O2S/c25-20-12-19(34(33-20)21-17(26)7-4-10-30-21)23(36)32-18-11-14(27)8-9-16(18)22(35)31-13-24(28,29)37-15-5-2-1-3-6-15/h1-12H,13H2,(H,31,35)(H,32,36). The van der Waals surface area contributed by atoms with Gasteiger partial charge in [0.05, 0.1) is 22.8 Å². The summed E-state index contributed by atoms with van der Waals surface area (Å²) in [7, 11) is 0. The Labute approximate surface area is 226 Å². The van der Waals surface area contributed by atoms with Gasteiger partial charge in [0.15, 0.2) is 5.82 Å². The van der Waals surface area contributed by atoms with E-state index in [1.54, 1.807) is 30.3 Å². The third kappa shape index (κ3) is 6.70. The molecule has 2 aromatic heterocycles. The van der Waals surface area contributed by atoms with Gasteiger partial charge in [-0.05, 0) is 58.4 Å². The van der Waals surface area contributed by atoms with Gasteiger partial charge in [-0.2, -0.15) is 13.9 Å². The summed E-state index contributed by atoms with van der Waals surface area (Å²) in [5, 5.41) is 5.64. The molecule has 0 radical (unpaired) electrons. The van der Waals surface area contributed by atoms with Crippen LogP contribution in [0.1, 0.15) is 20.8 Å². The largest absolute Gasteiger partial charge is 0.345 e. The van der Waals surface area contributed by atoms with Crippen LogP contribution in [0.4, 0.5) is 18.9 Å². The maximum absolute atomic E-state index is 14.4. The van der Waals surface area contributed by atoms with E-state index in [9.17, 15) is 22.8 Å². The molecule has 0 atom stereocenters. The number of carbonyl (C=O) groups excluding carboxylic acids is 2. The monoisotopic (exact) mass is 609 g/mol. The minimum Gasteiger partial charge on any atom is -0.345 e. The average Bonchev–Trinajstić information content (AvgIpc) is 3.25. The Kier molecular flexibility index (Phi) is 8.20. The fourth-order valence-electron chi connectivity index (χ4n) is 3.19. The number of anilines is 1. The molecular weight excluding hydrogens is 595 g/mol. The molecule has 7 nitrogen and oxygen atoms in total. The number of aromatic nitrogens is 3. The quantitative estimate of drug-likeness (QED) is 0.232. The minimum absolute atomic E-state index is 0.0334. The Morgan fingerprint density at radius 1 is 1.05 bits per heavy atom. The number of carbonyl (C=O) groups is 2. The highest BCUT2D eigenvalue weighted by molar-refractivity contribution is 9.10. The molecule has 190 valence electrons. The van der Waals surface area contributed by atoms with Crippen LogP contribution >= 0.6 is 39.3 Å². The maximum atomic E-state index is 14.4. The number of pyridine rings is 1. The zero-order chi connectivity index (χ0) is 26.6. The van der Waals surface area contributed by atoms with Gasteiger partial charge in [0.1, 0.15) is 16.1 Å². The Bertz CT molecular complexity index is 1460. The van der Waals surface area contributed by atoms with Crippen LogP contribution in [0.3, 0.4) is 0 Å². The highest BCUT2D eigenvalue weighted by Crippen LogP contribution is 2.35. The van der Waals surface area contributed by atoms with Gasteiger partial charge in [0, 0.05) is 17.2 Å². The van der Waals surface area contributed by atoms with Gasteiger partial charge in [-0.1, -0.05) is 41.6 Å². The first-order valence-corrected chi connectivity index (χ1v) is 12.5. The summed E-state index contributed by atoms with van der Waals surface area (Å²) in [5.74, 6) is -2.29. The lowest BCUT2D eigenvalue weighted by molar-refractivity contribution is 0.0810. The van der Waals surface area contributed by atoms with Crippen molar-refractivity contribution in [3.63, 3.8) is 0 Å². The average molecular weight is 611 g/mol. The predicted molar refractivity (Wildman–Crippen MR) is 138 cm³/mol. The van der Waals surface area contributed by atoms with Crippen molar-refractivity contribution >= 4 is 56.8 Å². The zero-order valence-corrected chi connectivity index (χ0v) is 21.7. The summed E-state index contributed by atoms with van der Waals surface area (Å²) in [6.07, 6.45) is 1.46. The summed E-state index contributed by atoms with van der Waals surface area (Å²) < 4.78 is 44.3. The molecule has 2 heterocycles. The summed E-state index contributed by atoms with van der Waals surface area (Å²) in [4.78, 5) is 30.3. The number of nitrogens with one attached hydrogen (secondary N) is 2. The molecule has 0 aliphatic heterocycles. The first-order valence-electron chi connectivity index (χ1n) is 10.5. The van der Waals surface area contributed by atoms with Crippen LogP contribution < -0.4 is 10.6 Å². The van der Waals surface area contributed by atoms with Crippen LogP contribution in [0.15, 0.2) is 82.4 Å². The van der Waals surface area contributed by atoms with Crippen LogP contribution in [0.25, 0.3) is 5.82 Å². The molecule has 2 aromatic carbocycles. The lowest BCUT2D eigenvalue weighted by Gasteiger charge is -2.17. The third-order valence-corrected chi connectivity index (χ3v) is 6.42. The topological polar surface area (TPSA) is 88.9 Å². The molecular formula is C24H16BrClF3N5O2S. The van der Waals surface area contributed by atoms with E-state index in [2.05, 4.69) is 36.6 Å². The Hall–Kier alpha value is -3.35. The van der Waals surface area contributed by atoms with Crippen molar-refractivity contribution in [3.05, 3.63) is 99.6 Å². The van der Waals surface area contributed by atoms with Crippen molar-refractivity contribution < 1.29 is 22.8 Å². The lowest BCUT2D eigenvalue weighted by atomic mass is 10.1. The van der Waals surface area contributed by atoms with Gasteiger partial charge in [-0.15, -0.1) is 0 Å². The molecule has 0 spiro atoms. The molecule has 0 aliphatic rings. The van der Waals surface area contributed by atoms with E-state index in [1.165, 1.54) is 29.1 Å². The highest BCUT2D eigenvalue weighted by atomic mass is 79.9. The third-order valence-electron chi connectivity index (χ3n) is 4.79. The number of alkyl halides is 2. The van der Waals surface area contributed by atoms with Gasteiger partial charge in [-0.3, -0.25) is 9.59 Å². The van der Waals surface area contributed by atoms with Crippen molar-refractivity contribution in [2.75, 3.05) is 11.9 Å². The maximum Gasteiger partial charge on any atom is 0.315 e. The van der Waals surface area contributed by atoms with Crippen molar-refractivity contribution in [2.24, 2.45) is 0 Å². The predicted octanol–water partition coefficient (Wildman–Crippen LogP) is 6.19. The first-order chi connectivity index (χ1) is 17.6. The molecule has 0 unspecified atom stereocenters. The van der Waals surface area contributed by atoms with E-state index in [0.29, 0.717) is 16.7 Å². The van der Waals surface area contributed by atoms with Crippen LogP contribution in [0.5, 0.6) is 0 Å². The second-order valence-corrected chi connectivity index (χ2v) is 9.94. The Morgan fingerprint density at radius 2 is 1.81 bits per heavy atom. The van der Waals surface area contributed by atoms with E-state index in [4.69, 9.17) is 11.6 Å². The van der Waals surface area contributed by atoms with Gasteiger partial charge in [-0.25, -0.2) is 14.1 Å². The Morgan fingerprint density at radius 3 is 2.54 bits per heavy atom. The Balaban J connectivity index is 1.53. The summed E-state index contributed by atoms with van der Waals surface area (Å²) in [5.41, 5.74) is -0.470. The van der Waals surface area contributed by atoms with Gasteiger partial charge in [0.25, 0.3) is 11.8 Å². The lowest BCUT2D eigenvalue weighted by Crippen LogP contribution is -2.35. The van der Waals surface area contributed by atoms with Gasteiger partial charge < -0.3 is 10.6 Å². The second kappa shape index (κ2) is 11.4. The molecule has 37 heavy (non-hydrogen) atoms. The van der Waals surface area contributed by atoms with E-state index < -0.39 is 29.4 Å².